The van der Waals surface area contributed by atoms with Crippen LogP contribution in [0.1, 0.15) is 71.6 Å². The highest BCUT2D eigenvalue weighted by Crippen LogP contribution is 2.11. The Balaban J connectivity index is 2.84. The van der Waals surface area contributed by atoms with E-state index in [9.17, 15) is 4.39 Å². The molecule has 0 aromatic carbocycles. The zero-order valence-corrected chi connectivity index (χ0v) is 9.32. The van der Waals surface area contributed by atoms with Crippen molar-refractivity contribution < 1.29 is 4.39 Å². The lowest BCUT2D eigenvalue weighted by atomic mass is 10.1. The molecule has 0 aliphatic heterocycles. The van der Waals surface area contributed by atoms with Gasteiger partial charge >= 0.3 is 0 Å². The van der Waals surface area contributed by atoms with Gasteiger partial charge in [0.1, 0.15) is 0 Å². The minimum atomic E-state index is -0.597. The Morgan fingerprint density at radius 2 is 1.31 bits per heavy atom. The molecule has 0 aromatic rings. The van der Waals surface area contributed by atoms with Crippen molar-refractivity contribution in [2.24, 2.45) is 0 Å². The summed E-state index contributed by atoms with van der Waals surface area (Å²) in [6.45, 7) is 3.89. The van der Waals surface area contributed by atoms with Crippen molar-refractivity contribution >= 4 is 0 Å². The van der Waals surface area contributed by atoms with Crippen LogP contribution in [-0.4, -0.2) is 6.17 Å². The van der Waals surface area contributed by atoms with Gasteiger partial charge in [0.05, 0.1) is 6.17 Å². The first kappa shape index (κ1) is 12.9. The Bertz CT molecular complexity index is 89.1. The Morgan fingerprint density at radius 3 is 1.77 bits per heavy atom. The smallest absolute Gasteiger partial charge is 0.0973 e. The average Bonchev–Trinajstić information content (AvgIpc) is 2.09. The lowest BCUT2D eigenvalue weighted by Crippen LogP contribution is -1.91. The third-order valence-corrected chi connectivity index (χ3v) is 2.46. The van der Waals surface area contributed by atoms with Crippen molar-refractivity contribution in [2.45, 2.75) is 77.8 Å². The van der Waals surface area contributed by atoms with E-state index in [1.165, 1.54) is 44.9 Å². The Kier molecular flexibility index (Phi) is 9.96. The van der Waals surface area contributed by atoms with Crippen LogP contribution in [0.25, 0.3) is 0 Å². The number of hydrogen-bond acceptors (Lipinski definition) is 0. The lowest BCUT2D eigenvalue weighted by molar-refractivity contribution is 0.329. The number of rotatable bonds is 9. The molecule has 1 atom stereocenters. The molecule has 0 heterocycles. The second-order valence-electron chi connectivity index (χ2n) is 4.04. The van der Waals surface area contributed by atoms with Crippen LogP contribution in [0, 0.1) is 0 Å². The summed E-state index contributed by atoms with van der Waals surface area (Å²) in [5, 5.41) is 0. The summed E-state index contributed by atoms with van der Waals surface area (Å²) in [5.41, 5.74) is 0. The average molecular weight is 188 g/mol. The van der Waals surface area contributed by atoms with E-state index in [-0.39, 0.29) is 0 Å². The molecule has 0 saturated carbocycles. The van der Waals surface area contributed by atoms with Crippen LogP contribution in [0.2, 0.25) is 0 Å². The summed E-state index contributed by atoms with van der Waals surface area (Å²) in [6.07, 6.45) is 10.6. The molecule has 80 valence electrons. The fourth-order valence-electron chi connectivity index (χ4n) is 1.56. The van der Waals surface area contributed by atoms with Crippen molar-refractivity contribution in [1.29, 1.82) is 0 Å². The molecule has 0 aliphatic carbocycles. The minimum Gasteiger partial charge on any atom is -0.248 e. The van der Waals surface area contributed by atoms with E-state index < -0.39 is 6.17 Å². The molecule has 1 heteroatoms. The van der Waals surface area contributed by atoms with Crippen LogP contribution in [0.15, 0.2) is 0 Å². The van der Waals surface area contributed by atoms with Gasteiger partial charge in [-0.1, -0.05) is 58.3 Å². The maximum absolute atomic E-state index is 12.4. The topological polar surface area (TPSA) is 0 Å². The van der Waals surface area contributed by atoms with E-state index in [2.05, 4.69) is 6.92 Å². The fourth-order valence-corrected chi connectivity index (χ4v) is 1.56. The van der Waals surface area contributed by atoms with E-state index in [0.717, 1.165) is 12.8 Å². The molecule has 0 saturated heterocycles. The molecule has 0 amide bonds. The van der Waals surface area contributed by atoms with Gasteiger partial charge in [0.25, 0.3) is 0 Å². The molecule has 0 spiro atoms. The third kappa shape index (κ3) is 11.9. The summed E-state index contributed by atoms with van der Waals surface area (Å²) in [4.78, 5) is 0. The van der Waals surface area contributed by atoms with Crippen LogP contribution in [0.4, 0.5) is 4.39 Å². The molecule has 0 fully saturated rings. The monoisotopic (exact) mass is 188 g/mol. The molecular formula is C12H25F. The fraction of sp³-hybridized carbons (Fsp3) is 1.00. The number of alkyl halides is 1. The van der Waals surface area contributed by atoms with E-state index in [1.54, 1.807) is 6.92 Å². The Morgan fingerprint density at radius 1 is 0.846 bits per heavy atom. The standard InChI is InChI=1S/C12H25F/c1-3-4-5-6-7-8-9-10-11-12(2)13/h12H,3-11H2,1-2H3. The van der Waals surface area contributed by atoms with E-state index in [1.807, 2.05) is 0 Å². The summed E-state index contributed by atoms with van der Waals surface area (Å²) in [7, 11) is 0. The first-order valence-corrected chi connectivity index (χ1v) is 5.91. The molecular weight excluding hydrogens is 163 g/mol. The highest BCUT2D eigenvalue weighted by molar-refractivity contribution is 4.50. The van der Waals surface area contributed by atoms with Gasteiger partial charge in [-0.05, 0) is 13.3 Å². The van der Waals surface area contributed by atoms with E-state index >= 15 is 0 Å². The molecule has 0 aromatic heterocycles. The molecule has 13 heavy (non-hydrogen) atoms. The van der Waals surface area contributed by atoms with Gasteiger partial charge < -0.3 is 0 Å². The Labute approximate surface area is 82.9 Å². The van der Waals surface area contributed by atoms with Crippen LogP contribution < -0.4 is 0 Å². The van der Waals surface area contributed by atoms with Gasteiger partial charge in [-0.25, -0.2) is 4.39 Å². The first-order chi connectivity index (χ1) is 6.27. The minimum absolute atomic E-state index is 0.597. The van der Waals surface area contributed by atoms with Crippen molar-refractivity contribution in [3.05, 3.63) is 0 Å². The van der Waals surface area contributed by atoms with Gasteiger partial charge in [-0.15, -0.1) is 0 Å². The van der Waals surface area contributed by atoms with Crippen molar-refractivity contribution in [3.8, 4) is 0 Å². The normalized spacial score (nSPS) is 13.2. The summed E-state index contributed by atoms with van der Waals surface area (Å²) >= 11 is 0. The van der Waals surface area contributed by atoms with Crippen LogP contribution in [-0.2, 0) is 0 Å². The molecule has 0 nitrogen and oxygen atoms in total. The van der Waals surface area contributed by atoms with Crippen LogP contribution >= 0.6 is 0 Å². The van der Waals surface area contributed by atoms with Crippen molar-refractivity contribution in [2.75, 3.05) is 0 Å². The van der Waals surface area contributed by atoms with Crippen LogP contribution in [0.3, 0.4) is 0 Å². The van der Waals surface area contributed by atoms with Crippen molar-refractivity contribution in [3.63, 3.8) is 0 Å². The number of unbranched alkanes of at least 4 members (excludes halogenated alkanes) is 7. The maximum Gasteiger partial charge on any atom is 0.0973 e. The number of halogens is 1. The highest BCUT2D eigenvalue weighted by atomic mass is 19.1. The summed E-state index contributed by atoms with van der Waals surface area (Å²) in [6, 6.07) is 0. The Hall–Kier alpha value is -0.0700. The molecule has 1 unspecified atom stereocenters. The molecule has 0 N–H and O–H groups in total. The molecule has 0 bridgehead atoms. The second-order valence-corrected chi connectivity index (χ2v) is 4.04. The SMILES string of the molecule is CCCCCCCCCCC(C)F. The quantitative estimate of drug-likeness (QED) is 0.453. The van der Waals surface area contributed by atoms with E-state index in [0.29, 0.717) is 0 Å². The lowest BCUT2D eigenvalue weighted by Gasteiger charge is -2.02. The van der Waals surface area contributed by atoms with Gasteiger partial charge in [-0.3, -0.25) is 0 Å². The molecule has 0 radical (unpaired) electrons. The van der Waals surface area contributed by atoms with Crippen molar-refractivity contribution in [1.82, 2.24) is 0 Å². The van der Waals surface area contributed by atoms with Gasteiger partial charge in [0.15, 0.2) is 0 Å². The number of hydrogen-bond donors (Lipinski definition) is 0. The predicted octanol–water partition coefficient (Wildman–Crippen LogP) is 4.88. The first-order valence-electron chi connectivity index (χ1n) is 5.91. The largest absolute Gasteiger partial charge is 0.248 e. The van der Waals surface area contributed by atoms with E-state index in [4.69, 9.17) is 0 Å². The molecule has 0 rings (SSSR count). The highest BCUT2D eigenvalue weighted by Gasteiger charge is 1.96. The van der Waals surface area contributed by atoms with Gasteiger partial charge in [-0.2, -0.15) is 0 Å². The summed E-state index contributed by atoms with van der Waals surface area (Å²) < 4.78 is 12.4. The second kappa shape index (κ2) is 10.0. The predicted molar refractivity (Wildman–Crippen MR) is 57.8 cm³/mol. The summed E-state index contributed by atoms with van der Waals surface area (Å²) in [5.74, 6) is 0. The zero-order chi connectivity index (χ0) is 9.94. The van der Waals surface area contributed by atoms with Crippen LogP contribution in [0.5, 0.6) is 0 Å². The maximum atomic E-state index is 12.4. The van der Waals surface area contributed by atoms with Gasteiger partial charge in [0, 0.05) is 0 Å². The third-order valence-electron chi connectivity index (χ3n) is 2.46. The molecule has 0 aliphatic rings. The zero-order valence-electron chi connectivity index (χ0n) is 9.32. The van der Waals surface area contributed by atoms with Gasteiger partial charge in [0.2, 0.25) is 0 Å².